The third-order valence-corrected chi connectivity index (χ3v) is 6.85. The molecule has 0 aliphatic heterocycles. The van der Waals surface area contributed by atoms with Gasteiger partial charge in [-0.3, -0.25) is 4.79 Å². The molecule has 0 saturated heterocycles. The second-order valence-electron chi connectivity index (χ2n) is 8.55. The van der Waals surface area contributed by atoms with Crippen LogP contribution in [-0.4, -0.2) is 11.8 Å². The Morgan fingerprint density at radius 2 is 1.52 bits per heavy atom. The molecule has 118 valence electrons. The maximum absolute atomic E-state index is 14.9. The van der Waals surface area contributed by atoms with E-state index in [1.807, 2.05) is 0 Å². The summed E-state index contributed by atoms with van der Waals surface area (Å²) in [5.74, 6) is 0.0361. The molecule has 5 rings (SSSR count). The van der Waals surface area contributed by atoms with Gasteiger partial charge in [0.25, 0.3) is 5.85 Å². The van der Waals surface area contributed by atoms with Crippen molar-refractivity contribution >= 4 is 5.97 Å². The van der Waals surface area contributed by atoms with E-state index in [1.165, 1.54) is 26.2 Å². The molecule has 0 radical (unpaired) electrons. The molecule has 5 aliphatic carbocycles. The molecule has 0 aromatic rings. The number of hydrogen-bond acceptors (Lipinski definition) is 2. The van der Waals surface area contributed by atoms with Gasteiger partial charge < -0.3 is 4.74 Å². The van der Waals surface area contributed by atoms with Crippen LogP contribution >= 0.6 is 0 Å². The van der Waals surface area contributed by atoms with Crippen molar-refractivity contribution in [2.24, 2.45) is 29.1 Å². The largest absolute Gasteiger partial charge is 0.428 e. The van der Waals surface area contributed by atoms with Crippen LogP contribution in [0.25, 0.3) is 0 Å². The van der Waals surface area contributed by atoms with E-state index in [-0.39, 0.29) is 17.3 Å². The maximum Gasteiger partial charge on any atom is 0.314 e. The first-order valence-electron chi connectivity index (χ1n) is 8.89. The number of esters is 1. The van der Waals surface area contributed by atoms with Gasteiger partial charge in [0.1, 0.15) is 0 Å². The van der Waals surface area contributed by atoms with Crippen molar-refractivity contribution in [3.8, 4) is 0 Å². The molecule has 5 saturated carbocycles. The molecule has 2 nitrogen and oxygen atoms in total. The average molecular weight is 294 g/mol. The Balaban J connectivity index is 1.49. The Kier molecular flexibility index (Phi) is 3.14. The predicted molar refractivity (Wildman–Crippen MR) is 78.2 cm³/mol. The highest BCUT2D eigenvalue weighted by Gasteiger charge is 2.57. The first-order chi connectivity index (χ1) is 9.97. The predicted octanol–water partition coefficient (Wildman–Crippen LogP) is 4.62. The Labute approximate surface area is 126 Å². The third kappa shape index (κ3) is 2.31. The Bertz CT molecular complexity index is 401. The monoisotopic (exact) mass is 294 g/mol. The number of hydrogen-bond donors (Lipinski definition) is 0. The van der Waals surface area contributed by atoms with Gasteiger partial charge in [-0.15, -0.1) is 0 Å². The molecular formula is C18H27FO2. The van der Waals surface area contributed by atoms with E-state index in [2.05, 4.69) is 0 Å². The normalized spacial score (nSPS) is 44.8. The maximum atomic E-state index is 14.9. The Hall–Kier alpha value is -0.600. The van der Waals surface area contributed by atoms with Crippen LogP contribution < -0.4 is 0 Å². The van der Waals surface area contributed by atoms with Gasteiger partial charge in [0, 0.05) is 12.8 Å². The fourth-order valence-corrected chi connectivity index (χ4v) is 6.17. The Morgan fingerprint density at radius 3 is 2.00 bits per heavy atom. The minimum Gasteiger partial charge on any atom is -0.428 e. The van der Waals surface area contributed by atoms with Crippen LogP contribution in [0.4, 0.5) is 4.39 Å². The summed E-state index contributed by atoms with van der Waals surface area (Å²) in [6.45, 7) is 1.49. The number of alkyl halides is 1. The van der Waals surface area contributed by atoms with Crippen LogP contribution in [0.5, 0.6) is 0 Å². The zero-order chi connectivity index (χ0) is 14.7. The van der Waals surface area contributed by atoms with Crippen molar-refractivity contribution in [3.05, 3.63) is 0 Å². The quantitative estimate of drug-likeness (QED) is 0.710. The lowest BCUT2D eigenvalue weighted by atomic mass is 9.49. The van der Waals surface area contributed by atoms with Gasteiger partial charge in [0.2, 0.25) is 0 Å². The molecule has 21 heavy (non-hydrogen) atoms. The standard InChI is InChI=1S/C18H27FO2/c1-17(19,15-4-2-3-5-15)21-16(20)18-9-12-6-13(10-18)8-14(7-12)11-18/h12-15H,2-11H2,1H3. The molecule has 0 N–H and O–H groups in total. The molecule has 1 unspecified atom stereocenters. The van der Waals surface area contributed by atoms with Gasteiger partial charge in [-0.25, -0.2) is 0 Å². The van der Waals surface area contributed by atoms with Gasteiger partial charge in [-0.2, -0.15) is 4.39 Å². The zero-order valence-corrected chi connectivity index (χ0v) is 13.1. The molecule has 1 atom stereocenters. The minimum absolute atomic E-state index is 0.0876. The van der Waals surface area contributed by atoms with E-state index >= 15 is 0 Å². The van der Waals surface area contributed by atoms with Crippen molar-refractivity contribution in [1.82, 2.24) is 0 Å². The minimum atomic E-state index is -1.75. The molecule has 0 amide bonds. The van der Waals surface area contributed by atoms with E-state index < -0.39 is 5.85 Å². The fourth-order valence-electron chi connectivity index (χ4n) is 6.17. The lowest BCUT2D eigenvalue weighted by molar-refractivity contribution is -0.214. The van der Waals surface area contributed by atoms with Gasteiger partial charge in [0.15, 0.2) is 0 Å². The van der Waals surface area contributed by atoms with Gasteiger partial charge in [-0.1, -0.05) is 12.8 Å². The number of carbonyl (C=O) groups is 1. The van der Waals surface area contributed by atoms with Crippen LogP contribution in [0.2, 0.25) is 0 Å². The molecule has 4 bridgehead atoms. The summed E-state index contributed by atoms with van der Waals surface area (Å²) >= 11 is 0. The van der Waals surface area contributed by atoms with Crippen molar-refractivity contribution in [2.75, 3.05) is 0 Å². The van der Waals surface area contributed by atoms with Crippen LogP contribution in [0.1, 0.15) is 71.1 Å². The topological polar surface area (TPSA) is 26.3 Å². The molecule has 0 aromatic carbocycles. The first kappa shape index (κ1) is 14.0. The summed E-state index contributed by atoms with van der Waals surface area (Å²) in [6.07, 6.45) is 10.6. The molecule has 5 aliphatic rings. The molecule has 0 heterocycles. The highest BCUT2D eigenvalue weighted by Crippen LogP contribution is 2.60. The van der Waals surface area contributed by atoms with E-state index in [1.54, 1.807) is 0 Å². The van der Waals surface area contributed by atoms with Crippen LogP contribution in [0.15, 0.2) is 0 Å². The van der Waals surface area contributed by atoms with Crippen LogP contribution in [0.3, 0.4) is 0 Å². The van der Waals surface area contributed by atoms with Gasteiger partial charge >= 0.3 is 5.97 Å². The zero-order valence-electron chi connectivity index (χ0n) is 13.1. The summed E-state index contributed by atoms with van der Waals surface area (Å²) in [5, 5.41) is 0. The number of ether oxygens (including phenoxy) is 1. The van der Waals surface area contributed by atoms with Gasteiger partial charge in [0.05, 0.1) is 5.41 Å². The molecular weight excluding hydrogens is 267 g/mol. The van der Waals surface area contributed by atoms with E-state index in [0.29, 0.717) is 17.8 Å². The summed E-state index contributed by atoms with van der Waals surface area (Å²) in [4.78, 5) is 12.8. The van der Waals surface area contributed by atoms with E-state index in [0.717, 1.165) is 44.9 Å². The molecule has 5 fully saturated rings. The van der Waals surface area contributed by atoms with Crippen molar-refractivity contribution < 1.29 is 13.9 Å². The fraction of sp³-hybridized carbons (Fsp3) is 0.944. The summed E-state index contributed by atoms with van der Waals surface area (Å²) < 4.78 is 20.4. The summed E-state index contributed by atoms with van der Waals surface area (Å²) in [5.41, 5.74) is -0.333. The van der Waals surface area contributed by atoms with E-state index in [9.17, 15) is 9.18 Å². The first-order valence-corrected chi connectivity index (χ1v) is 8.89. The lowest BCUT2D eigenvalue weighted by Gasteiger charge is -2.55. The van der Waals surface area contributed by atoms with Crippen molar-refractivity contribution in [3.63, 3.8) is 0 Å². The summed E-state index contributed by atoms with van der Waals surface area (Å²) in [7, 11) is 0. The SMILES string of the molecule is CC(F)(OC(=O)C12CC3CC(CC(C3)C1)C2)C1CCCC1. The second-order valence-corrected chi connectivity index (χ2v) is 8.55. The van der Waals surface area contributed by atoms with Crippen molar-refractivity contribution in [1.29, 1.82) is 0 Å². The smallest absolute Gasteiger partial charge is 0.314 e. The second kappa shape index (κ2) is 4.70. The van der Waals surface area contributed by atoms with Gasteiger partial charge in [-0.05, 0) is 69.1 Å². The van der Waals surface area contributed by atoms with Crippen LogP contribution in [-0.2, 0) is 9.53 Å². The number of carbonyl (C=O) groups excluding carboxylic acids is 1. The number of rotatable bonds is 3. The van der Waals surface area contributed by atoms with E-state index in [4.69, 9.17) is 4.74 Å². The third-order valence-electron chi connectivity index (χ3n) is 6.85. The molecule has 3 heteroatoms. The molecule has 0 aromatic heterocycles. The molecule has 0 spiro atoms. The number of halogens is 1. The highest BCUT2D eigenvalue weighted by molar-refractivity contribution is 5.78. The lowest BCUT2D eigenvalue weighted by Crippen LogP contribution is -2.52. The average Bonchev–Trinajstić information content (AvgIpc) is 2.90. The Morgan fingerprint density at radius 1 is 1.05 bits per heavy atom. The van der Waals surface area contributed by atoms with Crippen LogP contribution in [0, 0.1) is 29.1 Å². The highest BCUT2D eigenvalue weighted by atomic mass is 19.2. The van der Waals surface area contributed by atoms with Crippen molar-refractivity contribution in [2.45, 2.75) is 77.0 Å². The summed E-state index contributed by atoms with van der Waals surface area (Å²) in [6, 6.07) is 0.